The van der Waals surface area contributed by atoms with E-state index in [1.165, 1.54) is 0 Å². The molecule has 0 aliphatic rings. The van der Waals surface area contributed by atoms with Gasteiger partial charge < -0.3 is 10.5 Å². The Morgan fingerprint density at radius 3 is 2.76 bits per heavy atom. The summed E-state index contributed by atoms with van der Waals surface area (Å²) in [6, 6.07) is 5.10. The average molecular weight is 240 g/mol. The Morgan fingerprint density at radius 2 is 2.12 bits per heavy atom. The van der Waals surface area contributed by atoms with Gasteiger partial charge in [0.1, 0.15) is 0 Å². The highest BCUT2D eigenvalue weighted by Gasteiger charge is 2.08. The van der Waals surface area contributed by atoms with E-state index < -0.39 is 0 Å². The molecule has 0 unspecified atom stereocenters. The zero-order valence-electron chi connectivity index (χ0n) is 10.7. The number of rotatable bonds is 6. The van der Waals surface area contributed by atoms with Gasteiger partial charge in [-0.15, -0.1) is 0 Å². The number of likely N-dealkylation sites (N-methyl/N-ethyl adjacent to an activating group) is 1. The van der Waals surface area contributed by atoms with Crippen molar-refractivity contribution in [1.82, 2.24) is 4.90 Å². The molecule has 0 atom stereocenters. The van der Waals surface area contributed by atoms with Gasteiger partial charge in [0, 0.05) is 18.7 Å². The van der Waals surface area contributed by atoms with Gasteiger partial charge in [0.2, 0.25) is 0 Å². The van der Waals surface area contributed by atoms with Gasteiger partial charge in [0.05, 0.1) is 18.4 Å². The second kappa shape index (κ2) is 6.57. The zero-order valence-corrected chi connectivity index (χ0v) is 10.7. The van der Waals surface area contributed by atoms with Crippen LogP contribution in [0.15, 0.2) is 18.2 Å². The first-order valence-corrected chi connectivity index (χ1v) is 5.83. The van der Waals surface area contributed by atoms with Gasteiger partial charge in [0.25, 0.3) is 0 Å². The summed E-state index contributed by atoms with van der Waals surface area (Å²) in [6.07, 6.45) is 0.229. The molecule has 0 saturated heterocycles. The van der Waals surface area contributed by atoms with Crippen LogP contribution in [-0.4, -0.2) is 31.2 Å². The lowest BCUT2D eigenvalue weighted by Crippen LogP contribution is -2.24. The quantitative estimate of drug-likeness (QED) is 0.775. The number of anilines is 1. The van der Waals surface area contributed by atoms with Crippen molar-refractivity contribution in [2.75, 3.05) is 25.9 Å². The van der Waals surface area contributed by atoms with E-state index in [-0.39, 0.29) is 17.6 Å². The predicted octanol–water partition coefficient (Wildman–Crippen LogP) is 2.26. The molecule has 1 rings (SSSR count). The third kappa shape index (κ3) is 4.71. The van der Waals surface area contributed by atoms with Crippen LogP contribution in [0.3, 0.4) is 0 Å². The first-order chi connectivity index (χ1) is 8.00. The molecule has 0 amide bonds. The zero-order chi connectivity index (χ0) is 12.8. The van der Waals surface area contributed by atoms with Gasteiger partial charge in [-0.05, 0) is 27.0 Å². The highest BCUT2D eigenvalue weighted by molar-refractivity contribution is 5.42. The highest BCUT2D eigenvalue weighted by atomic mass is 19.1. The minimum Gasteiger partial charge on any atom is -0.396 e. The number of ether oxygens (including phenoxy) is 1. The minimum atomic E-state index is -0.316. The molecule has 4 heteroatoms. The van der Waals surface area contributed by atoms with Crippen LogP contribution < -0.4 is 5.73 Å². The van der Waals surface area contributed by atoms with Crippen LogP contribution in [0.1, 0.15) is 19.4 Å². The van der Waals surface area contributed by atoms with E-state index in [4.69, 9.17) is 10.5 Å². The summed E-state index contributed by atoms with van der Waals surface area (Å²) < 4.78 is 19.1. The number of halogens is 1. The number of hydrogen-bond acceptors (Lipinski definition) is 3. The summed E-state index contributed by atoms with van der Waals surface area (Å²) in [7, 11) is 1.94. The SMILES string of the molecule is CC(C)OCCN(C)Cc1cccc(N)c1F. The fourth-order valence-electron chi connectivity index (χ4n) is 1.54. The molecule has 96 valence electrons. The van der Waals surface area contributed by atoms with Gasteiger partial charge in [-0.1, -0.05) is 12.1 Å². The first-order valence-electron chi connectivity index (χ1n) is 5.83. The van der Waals surface area contributed by atoms with E-state index in [2.05, 4.69) is 0 Å². The maximum atomic E-state index is 13.6. The van der Waals surface area contributed by atoms with Gasteiger partial charge in [-0.3, -0.25) is 4.90 Å². The van der Waals surface area contributed by atoms with Crippen LogP contribution in [0.5, 0.6) is 0 Å². The summed E-state index contributed by atoms with van der Waals surface area (Å²) in [5, 5.41) is 0. The van der Waals surface area contributed by atoms with Crippen LogP contribution >= 0.6 is 0 Å². The maximum absolute atomic E-state index is 13.6. The topological polar surface area (TPSA) is 38.5 Å². The van der Waals surface area contributed by atoms with Crippen molar-refractivity contribution in [3.8, 4) is 0 Å². The lowest BCUT2D eigenvalue weighted by Gasteiger charge is -2.18. The first kappa shape index (κ1) is 13.9. The summed E-state index contributed by atoms with van der Waals surface area (Å²) in [4.78, 5) is 2.01. The Hall–Kier alpha value is -1.13. The van der Waals surface area contributed by atoms with Crippen molar-refractivity contribution in [1.29, 1.82) is 0 Å². The third-order valence-corrected chi connectivity index (χ3v) is 2.47. The molecule has 0 heterocycles. The van der Waals surface area contributed by atoms with E-state index in [9.17, 15) is 4.39 Å². The van der Waals surface area contributed by atoms with Crippen LogP contribution in [0, 0.1) is 5.82 Å². The molecule has 17 heavy (non-hydrogen) atoms. The van der Waals surface area contributed by atoms with Crippen molar-refractivity contribution in [2.24, 2.45) is 0 Å². The van der Waals surface area contributed by atoms with Crippen LogP contribution in [-0.2, 0) is 11.3 Å². The molecule has 0 radical (unpaired) electrons. The Morgan fingerprint density at radius 1 is 1.41 bits per heavy atom. The minimum absolute atomic E-state index is 0.203. The van der Waals surface area contributed by atoms with Crippen molar-refractivity contribution in [3.05, 3.63) is 29.6 Å². The van der Waals surface area contributed by atoms with E-state index in [0.717, 1.165) is 6.54 Å². The molecule has 0 spiro atoms. The van der Waals surface area contributed by atoms with Crippen LogP contribution in [0.4, 0.5) is 10.1 Å². The van der Waals surface area contributed by atoms with E-state index >= 15 is 0 Å². The molecule has 0 aromatic heterocycles. The predicted molar refractivity (Wildman–Crippen MR) is 68.2 cm³/mol. The number of nitrogens with zero attached hydrogens (tertiary/aromatic N) is 1. The van der Waals surface area contributed by atoms with Crippen molar-refractivity contribution >= 4 is 5.69 Å². The summed E-state index contributed by atoms with van der Waals surface area (Å²) in [6.45, 7) is 5.96. The van der Waals surface area contributed by atoms with Gasteiger partial charge in [-0.25, -0.2) is 4.39 Å². The second-order valence-corrected chi connectivity index (χ2v) is 4.48. The van der Waals surface area contributed by atoms with Crippen LogP contribution in [0.25, 0.3) is 0 Å². The summed E-state index contributed by atoms with van der Waals surface area (Å²) in [5.74, 6) is -0.316. The number of nitrogen functional groups attached to an aromatic ring is 1. The molecular formula is C13H21FN2O. The molecule has 1 aromatic carbocycles. The maximum Gasteiger partial charge on any atom is 0.150 e. The standard InChI is InChI=1S/C13H21FN2O/c1-10(2)17-8-7-16(3)9-11-5-4-6-12(15)13(11)14/h4-6,10H,7-9,15H2,1-3H3. The lowest BCUT2D eigenvalue weighted by molar-refractivity contribution is 0.0625. The Balaban J connectivity index is 2.45. The summed E-state index contributed by atoms with van der Waals surface area (Å²) in [5.41, 5.74) is 6.34. The van der Waals surface area contributed by atoms with Gasteiger partial charge in [-0.2, -0.15) is 0 Å². The molecule has 2 N–H and O–H groups in total. The second-order valence-electron chi connectivity index (χ2n) is 4.48. The molecular weight excluding hydrogens is 219 g/mol. The molecule has 0 aliphatic carbocycles. The lowest BCUT2D eigenvalue weighted by atomic mass is 10.2. The summed E-state index contributed by atoms with van der Waals surface area (Å²) >= 11 is 0. The Bertz CT molecular complexity index is 355. The van der Waals surface area contributed by atoms with Crippen molar-refractivity contribution < 1.29 is 9.13 Å². The van der Waals surface area contributed by atoms with Crippen LogP contribution in [0.2, 0.25) is 0 Å². The fraction of sp³-hybridized carbons (Fsp3) is 0.538. The largest absolute Gasteiger partial charge is 0.396 e. The smallest absolute Gasteiger partial charge is 0.150 e. The highest BCUT2D eigenvalue weighted by Crippen LogP contribution is 2.15. The Labute approximate surface area is 102 Å². The van der Waals surface area contributed by atoms with Crippen molar-refractivity contribution in [2.45, 2.75) is 26.5 Å². The number of nitrogens with two attached hydrogens (primary N) is 1. The Kier molecular flexibility index (Phi) is 5.38. The normalized spacial score (nSPS) is 11.4. The van der Waals surface area contributed by atoms with E-state index in [0.29, 0.717) is 18.7 Å². The molecule has 0 fully saturated rings. The molecule has 0 bridgehead atoms. The number of hydrogen-bond donors (Lipinski definition) is 1. The monoisotopic (exact) mass is 240 g/mol. The molecule has 1 aromatic rings. The third-order valence-electron chi connectivity index (χ3n) is 2.47. The van der Waals surface area contributed by atoms with E-state index in [1.54, 1.807) is 18.2 Å². The van der Waals surface area contributed by atoms with Gasteiger partial charge in [0.15, 0.2) is 5.82 Å². The number of benzene rings is 1. The van der Waals surface area contributed by atoms with Crippen molar-refractivity contribution in [3.63, 3.8) is 0 Å². The van der Waals surface area contributed by atoms with E-state index in [1.807, 2.05) is 25.8 Å². The fourth-order valence-corrected chi connectivity index (χ4v) is 1.54. The molecule has 3 nitrogen and oxygen atoms in total. The molecule has 0 aliphatic heterocycles. The average Bonchev–Trinajstić information content (AvgIpc) is 2.24. The molecule has 0 saturated carbocycles. The van der Waals surface area contributed by atoms with Gasteiger partial charge >= 0.3 is 0 Å².